The lowest BCUT2D eigenvalue weighted by Crippen LogP contribution is -2.48. The summed E-state index contributed by atoms with van der Waals surface area (Å²) in [6.07, 6.45) is 13.8. The number of piperidine rings is 1. The van der Waals surface area contributed by atoms with E-state index in [0.29, 0.717) is 17.6 Å². The second-order valence-electron chi connectivity index (χ2n) is 7.12. The summed E-state index contributed by atoms with van der Waals surface area (Å²) in [7, 11) is 0. The van der Waals surface area contributed by atoms with E-state index in [1.165, 1.54) is 19.3 Å². The lowest BCUT2D eigenvalue weighted by atomic mass is 9.95. The van der Waals surface area contributed by atoms with Gasteiger partial charge in [0, 0.05) is 25.0 Å². The summed E-state index contributed by atoms with van der Waals surface area (Å²) in [4.78, 5) is 27.7. The second-order valence-corrected chi connectivity index (χ2v) is 7.12. The minimum atomic E-state index is -0.0646. The lowest BCUT2D eigenvalue weighted by molar-refractivity contribution is 0.142. The molecule has 1 atom stereocenters. The van der Waals surface area contributed by atoms with E-state index in [1.54, 1.807) is 18.6 Å². The van der Waals surface area contributed by atoms with Crippen LogP contribution >= 0.6 is 0 Å². The molecule has 1 aliphatic heterocycles. The number of rotatable bonds is 3. The third kappa shape index (κ3) is 3.68. The number of urea groups is 1. The Labute approximate surface area is 152 Å². The first-order chi connectivity index (χ1) is 12.8. The number of carbonyl (C=O) groups excluding carboxylic acids is 1. The number of H-pyrrole nitrogens is 1. The molecule has 1 aliphatic carbocycles. The number of amides is 2. The fourth-order valence-electron chi connectivity index (χ4n) is 3.92. The van der Waals surface area contributed by atoms with Crippen molar-refractivity contribution in [3.8, 4) is 11.5 Å². The number of nitrogens with one attached hydrogen (secondary N) is 2. The fourth-order valence-corrected chi connectivity index (χ4v) is 3.92. The van der Waals surface area contributed by atoms with Gasteiger partial charge in [0.1, 0.15) is 11.5 Å². The molecule has 3 heterocycles. The SMILES string of the molecule is O=C(NC1CCCCC1)N1CCCCC1c1nc(-c2cnccn2)n[nH]1. The molecule has 0 bridgehead atoms. The number of hydrogen-bond acceptors (Lipinski definition) is 5. The highest BCUT2D eigenvalue weighted by Crippen LogP contribution is 2.30. The molecular weight excluding hydrogens is 330 g/mol. The molecule has 2 aromatic rings. The number of aromatic amines is 1. The summed E-state index contributed by atoms with van der Waals surface area (Å²) in [6, 6.07) is 0.271. The van der Waals surface area contributed by atoms with E-state index in [-0.39, 0.29) is 12.1 Å². The highest BCUT2D eigenvalue weighted by atomic mass is 16.2. The molecule has 2 aliphatic rings. The Kier molecular flexibility index (Phi) is 5.08. The van der Waals surface area contributed by atoms with Crippen LogP contribution in [0.5, 0.6) is 0 Å². The van der Waals surface area contributed by atoms with Crippen LogP contribution < -0.4 is 5.32 Å². The molecule has 4 rings (SSSR count). The van der Waals surface area contributed by atoms with Gasteiger partial charge in [-0.2, -0.15) is 5.10 Å². The maximum atomic E-state index is 12.9. The number of carbonyl (C=O) groups is 1. The maximum Gasteiger partial charge on any atom is 0.318 e. The molecule has 0 aromatic carbocycles. The molecule has 8 heteroatoms. The van der Waals surface area contributed by atoms with E-state index in [1.807, 2.05) is 4.90 Å². The van der Waals surface area contributed by atoms with Crippen molar-refractivity contribution in [2.24, 2.45) is 0 Å². The summed E-state index contributed by atoms with van der Waals surface area (Å²) < 4.78 is 0. The highest BCUT2D eigenvalue weighted by Gasteiger charge is 2.31. The molecule has 2 N–H and O–H groups in total. The van der Waals surface area contributed by atoms with Crippen molar-refractivity contribution >= 4 is 6.03 Å². The number of aromatic nitrogens is 5. The van der Waals surface area contributed by atoms with E-state index in [4.69, 9.17) is 0 Å². The van der Waals surface area contributed by atoms with Gasteiger partial charge in [0.05, 0.1) is 12.2 Å². The summed E-state index contributed by atoms with van der Waals surface area (Å²) in [5, 5.41) is 10.5. The molecule has 26 heavy (non-hydrogen) atoms. The van der Waals surface area contributed by atoms with Crippen molar-refractivity contribution in [2.45, 2.75) is 63.5 Å². The van der Waals surface area contributed by atoms with Gasteiger partial charge < -0.3 is 10.2 Å². The highest BCUT2D eigenvalue weighted by molar-refractivity contribution is 5.75. The summed E-state index contributed by atoms with van der Waals surface area (Å²) in [6.45, 7) is 0.754. The van der Waals surface area contributed by atoms with Crippen LogP contribution in [0.15, 0.2) is 18.6 Å². The Morgan fingerprint density at radius 3 is 2.77 bits per heavy atom. The van der Waals surface area contributed by atoms with E-state index in [2.05, 4.69) is 30.5 Å². The van der Waals surface area contributed by atoms with E-state index < -0.39 is 0 Å². The third-order valence-corrected chi connectivity index (χ3v) is 5.31. The molecular formula is C18H25N7O. The zero-order valence-electron chi connectivity index (χ0n) is 14.9. The molecule has 1 saturated carbocycles. The normalized spacial score (nSPS) is 21.5. The van der Waals surface area contributed by atoms with Crippen molar-refractivity contribution in [3.05, 3.63) is 24.4 Å². The van der Waals surface area contributed by atoms with Crippen LogP contribution in [0.25, 0.3) is 11.5 Å². The van der Waals surface area contributed by atoms with Crippen LogP contribution in [-0.2, 0) is 0 Å². The van der Waals surface area contributed by atoms with Crippen molar-refractivity contribution < 1.29 is 4.79 Å². The minimum Gasteiger partial charge on any atom is -0.335 e. The number of hydrogen-bond donors (Lipinski definition) is 2. The fraction of sp³-hybridized carbons (Fsp3) is 0.611. The van der Waals surface area contributed by atoms with E-state index >= 15 is 0 Å². The predicted molar refractivity (Wildman–Crippen MR) is 96.1 cm³/mol. The topological polar surface area (TPSA) is 99.7 Å². The predicted octanol–water partition coefficient (Wildman–Crippen LogP) is 2.83. The zero-order chi connectivity index (χ0) is 17.8. The monoisotopic (exact) mass is 355 g/mol. The molecule has 2 fully saturated rings. The Morgan fingerprint density at radius 2 is 1.96 bits per heavy atom. The van der Waals surface area contributed by atoms with Crippen LogP contribution in [0.2, 0.25) is 0 Å². The molecule has 2 aromatic heterocycles. The van der Waals surface area contributed by atoms with Crippen LogP contribution in [-0.4, -0.2) is 48.7 Å². The van der Waals surface area contributed by atoms with Gasteiger partial charge >= 0.3 is 6.03 Å². The molecule has 1 saturated heterocycles. The zero-order valence-corrected chi connectivity index (χ0v) is 14.9. The van der Waals surface area contributed by atoms with E-state index in [9.17, 15) is 4.79 Å². The average Bonchev–Trinajstić information content (AvgIpc) is 3.19. The molecule has 2 amide bonds. The quantitative estimate of drug-likeness (QED) is 0.882. The van der Waals surface area contributed by atoms with Gasteiger partial charge in [0.2, 0.25) is 5.82 Å². The largest absolute Gasteiger partial charge is 0.335 e. The first kappa shape index (κ1) is 16.9. The average molecular weight is 355 g/mol. The summed E-state index contributed by atoms with van der Waals surface area (Å²) in [5.41, 5.74) is 0.629. The van der Waals surface area contributed by atoms with Gasteiger partial charge in [0.15, 0.2) is 0 Å². The second kappa shape index (κ2) is 7.80. The van der Waals surface area contributed by atoms with Gasteiger partial charge in [-0.25, -0.2) is 14.8 Å². The first-order valence-electron chi connectivity index (χ1n) is 9.57. The van der Waals surface area contributed by atoms with Gasteiger partial charge in [-0.1, -0.05) is 19.3 Å². The van der Waals surface area contributed by atoms with Crippen LogP contribution in [0.3, 0.4) is 0 Å². The van der Waals surface area contributed by atoms with Crippen molar-refractivity contribution in [1.82, 2.24) is 35.4 Å². The smallest absolute Gasteiger partial charge is 0.318 e. The standard InChI is InChI=1S/C18H25N7O/c26-18(21-13-6-2-1-3-7-13)25-11-5-4-8-15(25)17-22-16(23-24-17)14-12-19-9-10-20-14/h9-10,12-13,15H,1-8,11H2,(H,21,26)(H,22,23,24). The summed E-state index contributed by atoms with van der Waals surface area (Å²) >= 11 is 0. The lowest BCUT2D eigenvalue weighted by Gasteiger charge is -2.36. The summed E-state index contributed by atoms with van der Waals surface area (Å²) in [5.74, 6) is 1.25. The molecule has 138 valence electrons. The number of likely N-dealkylation sites (tertiary alicyclic amines) is 1. The van der Waals surface area contributed by atoms with Gasteiger partial charge in [-0.3, -0.25) is 10.1 Å². The first-order valence-corrected chi connectivity index (χ1v) is 9.57. The Hall–Kier alpha value is -2.51. The van der Waals surface area contributed by atoms with E-state index in [0.717, 1.165) is 44.5 Å². The van der Waals surface area contributed by atoms with Crippen LogP contribution in [0.4, 0.5) is 4.79 Å². The Morgan fingerprint density at radius 1 is 1.12 bits per heavy atom. The third-order valence-electron chi connectivity index (χ3n) is 5.31. The maximum absolute atomic E-state index is 12.9. The van der Waals surface area contributed by atoms with Gasteiger partial charge in [-0.05, 0) is 32.1 Å². The number of nitrogens with zero attached hydrogens (tertiary/aromatic N) is 5. The van der Waals surface area contributed by atoms with Gasteiger partial charge in [-0.15, -0.1) is 0 Å². The van der Waals surface area contributed by atoms with Crippen LogP contribution in [0, 0.1) is 0 Å². The molecule has 1 unspecified atom stereocenters. The minimum absolute atomic E-state index is 0.0269. The van der Waals surface area contributed by atoms with Gasteiger partial charge in [0.25, 0.3) is 0 Å². The van der Waals surface area contributed by atoms with Crippen molar-refractivity contribution in [1.29, 1.82) is 0 Å². The Bertz CT molecular complexity index is 726. The Balaban J connectivity index is 1.48. The molecule has 0 radical (unpaired) electrons. The van der Waals surface area contributed by atoms with Crippen molar-refractivity contribution in [2.75, 3.05) is 6.54 Å². The van der Waals surface area contributed by atoms with Crippen LogP contribution in [0.1, 0.15) is 63.2 Å². The molecule has 0 spiro atoms. The van der Waals surface area contributed by atoms with Crippen molar-refractivity contribution in [3.63, 3.8) is 0 Å². The molecule has 8 nitrogen and oxygen atoms in total.